The third-order valence-electron chi connectivity index (χ3n) is 2.21. The van der Waals surface area contributed by atoms with Crippen LogP contribution in [-0.2, 0) is 19.6 Å². The van der Waals surface area contributed by atoms with Gasteiger partial charge in [-0.25, -0.2) is 8.42 Å². The molecule has 8 heteroatoms. The Bertz CT molecular complexity index is 562. The number of anilines is 1. The first-order valence-corrected chi connectivity index (χ1v) is 8.89. The van der Waals surface area contributed by atoms with Gasteiger partial charge in [0.05, 0.1) is 12.9 Å². The van der Waals surface area contributed by atoms with Gasteiger partial charge in [0.15, 0.2) is 0 Å². The van der Waals surface area contributed by atoms with E-state index in [1.54, 1.807) is 18.2 Å². The highest BCUT2D eigenvalue weighted by Gasteiger charge is 2.12. The van der Waals surface area contributed by atoms with Crippen LogP contribution in [0.5, 0.6) is 0 Å². The molecule has 0 unspecified atom stereocenters. The number of hydrogen-bond donors (Lipinski definition) is 1. The summed E-state index contributed by atoms with van der Waals surface area (Å²) in [6.45, 7) is 0. The number of nitrogens with one attached hydrogen (secondary N) is 1. The second kappa shape index (κ2) is 7.44. The van der Waals surface area contributed by atoms with Gasteiger partial charge in [-0.15, -0.1) is 0 Å². The second-order valence-corrected chi connectivity index (χ2v) is 7.59. The van der Waals surface area contributed by atoms with Crippen molar-refractivity contribution in [1.29, 1.82) is 0 Å². The lowest BCUT2D eigenvalue weighted by Crippen LogP contribution is -2.17. The predicted molar refractivity (Wildman–Crippen MR) is 85.5 cm³/mol. The van der Waals surface area contributed by atoms with E-state index in [1.165, 1.54) is 7.11 Å². The maximum Gasteiger partial charge on any atom is 0.305 e. The number of halogens is 2. The fraction of sp³-hybridized carbons (Fsp3) is 0.364. The number of sulfonamides is 1. The molecule has 1 aromatic rings. The lowest BCUT2D eigenvalue weighted by molar-refractivity contribution is -0.140. The van der Waals surface area contributed by atoms with Crippen molar-refractivity contribution in [2.45, 2.75) is 12.8 Å². The normalized spacial score (nSPS) is 11.1. The van der Waals surface area contributed by atoms with E-state index in [9.17, 15) is 13.2 Å². The molecule has 0 atom stereocenters. The van der Waals surface area contributed by atoms with E-state index in [0.29, 0.717) is 5.69 Å². The van der Waals surface area contributed by atoms with Crippen LogP contribution in [0.2, 0.25) is 0 Å². The first-order valence-electron chi connectivity index (χ1n) is 5.36. The summed E-state index contributed by atoms with van der Waals surface area (Å²) in [7, 11) is -2.17. The summed E-state index contributed by atoms with van der Waals surface area (Å²) in [4.78, 5) is 10.9. The molecule has 0 heterocycles. The molecule has 1 aromatic carbocycles. The van der Waals surface area contributed by atoms with Crippen molar-refractivity contribution in [3.05, 3.63) is 26.2 Å². The number of carbonyl (C=O) groups excluding carboxylic acids is 1. The maximum atomic E-state index is 11.8. The van der Waals surface area contributed by atoms with E-state index in [0.717, 1.165) is 8.04 Å². The summed E-state index contributed by atoms with van der Waals surface area (Å²) >= 11 is 5.47. The van der Waals surface area contributed by atoms with Gasteiger partial charge in [-0.05, 0) is 63.1 Å². The van der Waals surface area contributed by atoms with Gasteiger partial charge in [0.2, 0.25) is 10.0 Å². The molecule has 0 spiro atoms. The van der Waals surface area contributed by atoms with Crippen LogP contribution in [0.4, 0.5) is 5.69 Å². The molecule has 0 aliphatic heterocycles. The zero-order valence-corrected chi connectivity index (χ0v) is 14.7. The molecule has 1 rings (SSSR count). The lowest BCUT2D eigenvalue weighted by Gasteiger charge is -2.08. The van der Waals surface area contributed by atoms with Crippen LogP contribution in [0.15, 0.2) is 22.7 Å². The van der Waals surface area contributed by atoms with Crippen LogP contribution in [-0.4, -0.2) is 27.2 Å². The van der Waals surface area contributed by atoms with Crippen molar-refractivity contribution in [3.63, 3.8) is 0 Å². The van der Waals surface area contributed by atoms with E-state index in [2.05, 4.69) is 48.0 Å². The molecule has 0 bridgehead atoms. The Kier molecular flexibility index (Phi) is 6.54. The molecule has 0 saturated heterocycles. The Morgan fingerprint density at radius 1 is 1.47 bits per heavy atom. The molecule has 19 heavy (non-hydrogen) atoms. The number of methoxy groups -OCH3 is 1. The van der Waals surface area contributed by atoms with E-state index in [-0.39, 0.29) is 18.6 Å². The van der Waals surface area contributed by atoms with E-state index in [4.69, 9.17) is 0 Å². The monoisotopic (exact) mass is 461 g/mol. The van der Waals surface area contributed by atoms with Crippen LogP contribution in [0.1, 0.15) is 12.8 Å². The van der Waals surface area contributed by atoms with Gasteiger partial charge < -0.3 is 4.74 Å². The number of benzene rings is 1. The van der Waals surface area contributed by atoms with Crippen molar-refractivity contribution >= 4 is 60.2 Å². The SMILES string of the molecule is COC(=O)CCCS(=O)(=O)Nc1ccc(I)c(Br)c1. The minimum absolute atomic E-state index is 0.0911. The highest BCUT2D eigenvalue weighted by atomic mass is 127. The van der Waals surface area contributed by atoms with Crippen LogP contribution in [0.25, 0.3) is 0 Å². The number of carbonyl (C=O) groups is 1. The average molecular weight is 462 g/mol. The first-order chi connectivity index (χ1) is 8.84. The van der Waals surface area contributed by atoms with Crippen molar-refractivity contribution in [1.82, 2.24) is 0 Å². The smallest absolute Gasteiger partial charge is 0.305 e. The molecule has 0 aliphatic rings. The number of ether oxygens (including phenoxy) is 1. The van der Waals surface area contributed by atoms with Crippen LogP contribution in [0, 0.1) is 3.57 Å². The average Bonchev–Trinajstić information content (AvgIpc) is 2.33. The van der Waals surface area contributed by atoms with Crippen molar-refractivity contribution in [2.24, 2.45) is 0 Å². The Morgan fingerprint density at radius 3 is 2.74 bits per heavy atom. The Hall–Kier alpha value is -0.350. The predicted octanol–water partition coefficient (Wildman–Crippen LogP) is 2.75. The minimum Gasteiger partial charge on any atom is -0.469 e. The molecule has 0 aromatic heterocycles. The molecule has 1 N–H and O–H groups in total. The summed E-state index contributed by atoms with van der Waals surface area (Å²) in [5.74, 6) is -0.529. The van der Waals surface area contributed by atoms with Crippen molar-refractivity contribution in [2.75, 3.05) is 17.6 Å². The highest BCUT2D eigenvalue weighted by molar-refractivity contribution is 14.1. The molecule has 0 amide bonds. The van der Waals surface area contributed by atoms with Crippen molar-refractivity contribution < 1.29 is 17.9 Å². The molecular formula is C11H13BrINO4S. The summed E-state index contributed by atoms with van der Waals surface area (Å²) in [6.07, 6.45) is 0.321. The van der Waals surface area contributed by atoms with Crippen LogP contribution < -0.4 is 4.72 Å². The zero-order chi connectivity index (χ0) is 14.5. The van der Waals surface area contributed by atoms with Gasteiger partial charge in [0, 0.05) is 20.2 Å². The Morgan fingerprint density at radius 2 is 2.16 bits per heavy atom. The summed E-state index contributed by atoms with van der Waals surface area (Å²) < 4.78 is 32.3. The second-order valence-electron chi connectivity index (χ2n) is 3.73. The summed E-state index contributed by atoms with van der Waals surface area (Å²) in [5, 5.41) is 0. The lowest BCUT2D eigenvalue weighted by atomic mass is 10.3. The Balaban J connectivity index is 2.59. The summed E-state index contributed by atoms with van der Waals surface area (Å²) in [5.41, 5.74) is 0.491. The molecule has 0 radical (unpaired) electrons. The van der Waals surface area contributed by atoms with Gasteiger partial charge in [0.1, 0.15) is 0 Å². The number of esters is 1. The van der Waals surface area contributed by atoms with Gasteiger partial charge in [-0.1, -0.05) is 0 Å². The molecule has 0 fully saturated rings. The topological polar surface area (TPSA) is 72.5 Å². The maximum absolute atomic E-state index is 11.8. The Labute approximate surface area is 134 Å². The van der Waals surface area contributed by atoms with Gasteiger partial charge in [-0.2, -0.15) is 0 Å². The standard InChI is InChI=1S/C11H13BrINO4S/c1-18-11(15)3-2-6-19(16,17)14-8-4-5-10(13)9(12)7-8/h4-5,7,14H,2-3,6H2,1H3. The third kappa shape index (κ3) is 6.09. The summed E-state index contributed by atoms with van der Waals surface area (Å²) in [6, 6.07) is 5.18. The van der Waals surface area contributed by atoms with E-state index < -0.39 is 16.0 Å². The fourth-order valence-corrected chi connectivity index (χ4v) is 3.13. The van der Waals surface area contributed by atoms with Crippen LogP contribution >= 0.6 is 38.5 Å². The first kappa shape index (κ1) is 16.7. The van der Waals surface area contributed by atoms with Gasteiger partial charge >= 0.3 is 5.97 Å². The minimum atomic E-state index is -3.45. The van der Waals surface area contributed by atoms with E-state index >= 15 is 0 Å². The van der Waals surface area contributed by atoms with E-state index in [1.807, 2.05) is 0 Å². The quantitative estimate of drug-likeness (QED) is 0.522. The number of hydrogen-bond acceptors (Lipinski definition) is 4. The largest absolute Gasteiger partial charge is 0.469 e. The van der Waals surface area contributed by atoms with Crippen molar-refractivity contribution in [3.8, 4) is 0 Å². The highest BCUT2D eigenvalue weighted by Crippen LogP contribution is 2.23. The molecule has 0 saturated carbocycles. The van der Waals surface area contributed by atoms with Gasteiger partial charge in [0.25, 0.3) is 0 Å². The van der Waals surface area contributed by atoms with Crippen LogP contribution in [0.3, 0.4) is 0 Å². The molecular weight excluding hydrogens is 449 g/mol. The molecule has 106 valence electrons. The zero-order valence-electron chi connectivity index (χ0n) is 10.2. The fourth-order valence-electron chi connectivity index (χ4n) is 1.30. The molecule has 0 aliphatic carbocycles. The number of rotatable bonds is 6. The van der Waals surface area contributed by atoms with Gasteiger partial charge in [-0.3, -0.25) is 9.52 Å². The third-order valence-corrected chi connectivity index (χ3v) is 5.93. The molecule has 5 nitrogen and oxygen atoms in total.